The first kappa shape index (κ1) is 11.9. The molecule has 1 N–H and O–H groups in total. The van der Waals surface area contributed by atoms with Gasteiger partial charge in [-0.3, -0.25) is 0 Å². The maximum atomic E-state index is 11.8. The van der Waals surface area contributed by atoms with Crippen LogP contribution < -0.4 is 5.32 Å². The Bertz CT molecular complexity index is 263. The first-order valence-electron chi connectivity index (χ1n) is 5.57. The molecule has 0 aliphatic heterocycles. The normalized spacial score (nSPS) is 17.0. The Morgan fingerprint density at radius 3 is 2.53 bits per heavy atom. The molecule has 15 heavy (non-hydrogen) atoms. The van der Waals surface area contributed by atoms with Crippen LogP contribution in [0.5, 0.6) is 0 Å². The number of nitrogens with one attached hydrogen (secondary N) is 1. The van der Waals surface area contributed by atoms with Crippen LogP contribution in [0.3, 0.4) is 0 Å². The average Bonchev–Trinajstić information content (AvgIpc) is 2.98. The van der Waals surface area contributed by atoms with Gasteiger partial charge in [-0.15, -0.1) is 6.42 Å². The van der Waals surface area contributed by atoms with Gasteiger partial charge in [-0.25, -0.2) is 4.79 Å². The Hall–Kier alpha value is -1.17. The van der Waals surface area contributed by atoms with Crippen LogP contribution in [-0.2, 0) is 0 Å². The van der Waals surface area contributed by atoms with Crippen molar-refractivity contribution >= 4 is 6.03 Å². The van der Waals surface area contributed by atoms with Crippen molar-refractivity contribution in [1.82, 2.24) is 10.2 Å². The van der Waals surface area contributed by atoms with Crippen LogP contribution in [-0.4, -0.2) is 29.6 Å². The lowest BCUT2D eigenvalue weighted by Crippen LogP contribution is -2.48. The smallest absolute Gasteiger partial charge is 0.318 e. The fraction of sp³-hybridized carbons (Fsp3) is 0.750. The highest BCUT2D eigenvalue weighted by atomic mass is 16.2. The summed E-state index contributed by atoms with van der Waals surface area (Å²) in [7, 11) is 0. The summed E-state index contributed by atoms with van der Waals surface area (Å²) in [4.78, 5) is 13.8. The summed E-state index contributed by atoms with van der Waals surface area (Å²) in [5.41, 5.74) is 0. The number of carbonyl (C=O) groups excluding carboxylic acids is 1. The quantitative estimate of drug-likeness (QED) is 0.702. The molecule has 0 spiro atoms. The van der Waals surface area contributed by atoms with Crippen LogP contribution >= 0.6 is 0 Å². The SMILES string of the molecule is C#CCNC(=O)N(C1CC1)[C@@H](C)C(C)C. The van der Waals surface area contributed by atoms with Crippen LogP contribution in [0.15, 0.2) is 0 Å². The van der Waals surface area contributed by atoms with Gasteiger partial charge in [-0.05, 0) is 25.7 Å². The minimum absolute atomic E-state index is 0.0170. The molecule has 0 heterocycles. The van der Waals surface area contributed by atoms with Crippen molar-refractivity contribution in [2.45, 2.75) is 45.7 Å². The minimum atomic E-state index is -0.0170. The van der Waals surface area contributed by atoms with E-state index in [0.29, 0.717) is 18.5 Å². The van der Waals surface area contributed by atoms with Gasteiger partial charge in [0.2, 0.25) is 0 Å². The number of urea groups is 1. The summed E-state index contributed by atoms with van der Waals surface area (Å²) in [6.45, 7) is 6.67. The molecule has 1 fully saturated rings. The van der Waals surface area contributed by atoms with Crippen LogP contribution in [0.25, 0.3) is 0 Å². The molecule has 3 nitrogen and oxygen atoms in total. The molecule has 1 aliphatic carbocycles. The van der Waals surface area contributed by atoms with Crippen LogP contribution in [0.1, 0.15) is 33.6 Å². The van der Waals surface area contributed by atoms with Gasteiger partial charge in [0.1, 0.15) is 0 Å². The zero-order valence-corrected chi connectivity index (χ0v) is 9.79. The number of hydrogen-bond donors (Lipinski definition) is 1. The van der Waals surface area contributed by atoms with Crippen molar-refractivity contribution in [2.24, 2.45) is 5.92 Å². The number of hydrogen-bond acceptors (Lipinski definition) is 1. The van der Waals surface area contributed by atoms with Gasteiger partial charge < -0.3 is 10.2 Å². The minimum Gasteiger partial charge on any atom is -0.327 e. The molecule has 2 amide bonds. The third kappa shape index (κ3) is 3.16. The molecule has 0 aromatic heterocycles. The summed E-state index contributed by atoms with van der Waals surface area (Å²) in [5.74, 6) is 2.90. The Kier molecular flexibility index (Phi) is 4.02. The Morgan fingerprint density at radius 2 is 2.13 bits per heavy atom. The van der Waals surface area contributed by atoms with Gasteiger partial charge in [0, 0.05) is 12.1 Å². The van der Waals surface area contributed by atoms with Gasteiger partial charge in [-0.2, -0.15) is 0 Å². The second-order valence-corrected chi connectivity index (χ2v) is 4.49. The van der Waals surface area contributed by atoms with E-state index >= 15 is 0 Å². The van der Waals surface area contributed by atoms with E-state index in [0.717, 1.165) is 12.8 Å². The average molecular weight is 208 g/mol. The van der Waals surface area contributed by atoms with E-state index in [-0.39, 0.29) is 12.1 Å². The zero-order valence-electron chi connectivity index (χ0n) is 9.79. The summed E-state index contributed by atoms with van der Waals surface area (Å²) >= 11 is 0. The summed E-state index contributed by atoms with van der Waals surface area (Å²) in [6, 6.07) is 0.687. The first-order chi connectivity index (χ1) is 7.07. The molecule has 0 unspecified atom stereocenters. The first-order valence-corrected chi connectivity index (χ1v) is 5.57. The number of amides is 2. The van der Waals surface area contributed by atoms with Gasteiger partial charge >= 0.3 is 6.03 Å². The lowest BCUT2D eigenvalue weighted by molar-refractivity contribution is 0.158. The number of terminal acetylenes is 1. The van der Waals surface area contributed by atoms with Crippen molar-refractivity contribution in [2.75, 3.05) is 6.54 Å². The van der Waals surface area contributed by atoms with Crippen LogP contribution in [0.4, 0.5) is 4.79 Å². The lowest BCUT2D eigenvalue weighted by atomic mass is 10.0. The molecule has 1 rings (SSSR count). The van der Waals surface area contributed by atoms with E-state index in [1.807, 2.05) is 4.90 Å². The third-order valence-corrected chi connectivity index (χ3v) is 2.92. The highest BCUT2D eigenvalue weighted by Crippen LogP contribution is 2.30. The lowest BCUT2D eigenvalue weighted by Gasteiger charge is -2.31. The maximum absolute atomic E-state index is 11.8. The van der Waals surface area contributed by atoms with E-state index < -0.39 is 0 Å². The molecule has 1 atom stereocenters. The van der Waals surface area contributed by atoms with E-state index in [1.165, 1.54) is 0 Å². The number of rotatable bonds is 4. The molecule has 84 valence electrons. The highest BCUT2D eigenvalue weighted by Gasteiger charge is 2.36. The van der Waals surface area contributed by atoms with E-state index in [9.17, 15) is 4.79 Å². The zero-order chi connectivity index (χ0) is 11.4. The molecule has 3 heteroatoms. The van der Waals surface area contributed by atoms with Gasteiger partial charge in [0.15, 0.2) is 0 Å². The monoisotopic (exact) mass is 208 g/mol. The third-order valence-electron chi connectivity index (χ3n) is 2.92. The molecule has 0 saturated heterocycles. The predicted molar refractivity (Wildman–Crippen MR) is 61.4 cm³/mol. The summed E-state index contributed by atoms with van der Waals surface area (Å²) < 4.78 is 0. The molecule has 1 aliphatic rings. The summed E-state index contributed by atoms with van der Waals surface area (Å²) in [5, 5.41) is 2.74. The van der Waals surface area contributed by atoms with Crippen molar-refractivity contribution in [1.29, 1.82) is 0 Å². The van der Waals surface area contributed by atoms with E-state index in [1.54, 1.807) is 0 Å². The van der Waals surface area contributed by atoms with Crippen molar-refractivity contribution < 1.29 is 4.79 Å². The van der Waals surface area contributed by atoms with E-state index in [2.05, 4.69) is 32.0 Å². The fourth-order valence-corrected chi connectivity index (χ4v) is 1.58. The van der Waals surface area contributed by atoms with Crippen LogP contribution in [0, 0.1) is 18.3 Å². The number of carbonyl (C=O) groups is 1. The van der Waals surface area contributed by atoms with Crippen molar-refractivity contribution in [3.63, 3.8) is 0 Å². The molecule has 0 aromatic carbocycles. The van der Waals surface area contributed by atoms with Gasteiger partial charge in [-0.1, -0.05) is 19.8 Å². The second-order valence-electron chi connectivity index (χ2n) is 4.49. The number of nitrogens with zero attached hydrogens (tertiary/aromatic N) is 1. The van der Waals surface area contributed by atoms with Gasteiger partial charge in [0.05, 0.1) is 6.54 Å². The van der Waals surface area contributed by atoms with Gasteiger partial charge in [0.25, 0.3) is 0 Å². The molecular weight excluding hydrogens is 188 g/mol. The van der Waals surface area contributed by atoms with Crippen molar-refractivity contribution in [3.05, 3.63) is 0 Å². The highest BCUT2D eigenvalue weighted by molar-refractivity contribution is 5.75. The molecule has 1 saturated carbocycles. The molecular formula is C12H20N2O. The Labute approximate surface area is 92.2 Å². The predicted octanol–water partition coefficient (Wildman–Crippen LogP) is 1.84. The second kappa shape index (κ2) is 5.06. The fourth-order valence-electron chi connectivity index (χ4n) is 1.58. The largest absolute Gasteiger partial charge is 0.327 e. The molecule has 0 bridgehead atoms. The van der Waals surface area contributed by atoms with Crippen molar-refractivity contribution in [3.8, 4) is 12.3 Å². The summed E-state index contributed by atoms with van der Waals surface area (Å²) in [6.07, 6.45) is 7.37. The standard InChI is InChI=1S/C12H20N2O/c1-5-8-13-12(15)14(11-6-7-11)10(4)9(2)3/h1,9-11H,6-8H2,2-4H3,(H,13,15)/t10-/m0/s1. The van der Waals surface area contributed by atoms with Crippen LogP contribution in [0.2, 0.25) is 0 Å². The Balaban J connectivity index is 2.57. The maximum Gasteiger partial charge on any atom is 0.318 e. The Morgan fingerprint density at radius 1 is 1.53 bits per heavy atom. The molecule has 0 aromatic rings. The van der Waals surface area contributed by atoms with E-state index in [4.69, 9.17) is 6.42 Å². The molecule has 0 radical (unpaired) electrons. The topological polar surface area (TPSA) is 32.3 Å².